The minimum absolute atomic E-state index is 0.168. The van der Waals surface area contributed by atoms with Gasteiger partial charge >= 0.3 is 12.4 Å². The predicted octanol–water partition coefficient (Wildman–Crippen LogP) is 6.49. The van der Waals surface area contributed by atoms with E-state index in [4.69, 9.17) is 19.3 Å². The van der Waals surface area contributed by atoms with Crippen molar-refractivity contribution < 1.29 is 24.1 Å². The lowest BCUT2D eigenvalue weighted by Crippen LogP contribution is -2.48. The maximum absolute atomic E-state index is 10.8. The van der Waals surface area contributed by atoms with Crippen LogP contribution in [0.1, 0.15) is 70.4 Å². The Morgan fingerprint density at radius 1 is 1.15 bits per heavy atom. The van der Waals surface area contributed by atoms with Crippen LogP contribution in [0.25, 0.3) is 5.57 Å². The van der Waals surface area contributed by atoms with E-state index in [9.17, 15) is 4.79 Å². The maximum atomic E-state index is 10.8. The SMILES string of the molecule is CCOC(OC)Oc1ccc(C(C)=CC=CC(C)=CC(=O)O)cc1C12CC3CC(CC(C3)C1)C2. The van der Waals surface area contributed by atoms with Crippen molar-refractivity contribution in [2.45, 2.75) is 71.2 Å². The van der Waals surface area contributed by atoms with Crippen molar-refractivity contribution in [1.29, 1.82) is 0 Å². The molecule has 4 aliphatic carbocycles. The fraction of sp³-hybridized carbons (Fsp3) is 0.552. The Morgan fingerprint density at radius 2 is 1.79 bits per heavy atom. The summed E-state index contributed by atoms with van der Waals surface area (Å²) in [6.45, 7) is 5.63. The van der Waals surface area contributed by atoms with E-state index in [1.807, 2.05) is 25.2 Å². The van der Waals surface area contributed by atoms with E-state index in [1.54, 1.807) is 14.0 Å². The van der Waals surface area contributed by atoms with Crippen LogP contribution in [0.5, 0.6) is 5.75 Å². The second kappa shape index (κ2) is 10.5. The summed E-state index contributed by atoms with van der Waals surface area (Å²) in [5, 5.41) is 8.90. The summed E-state index contributed by atoms with van der Waals surface area (Å²) in [7, 11) is 1.61. The number of hydrogen-bond acceptors (Lipinski definition) is 4. The van der Waals surface area contributed by atoms with Crippen LogP contribution < -0.4 is 4.74 Å². The molecule has 5 heteroatoms. The highest BCUT2D eigenvalue weighted by Crippen LogP contribution is 2.62. The number of hydrogen-bond donors (Lipinski definition) is 1. The van der Waals surface area contributed by atoms with Crippen molar-refractivity contribution in [2.75, 3.05) is 13.7 Å². The third kappa shape index (κ3) is 5.47. The zero-order valence-electron chi connectivity index (χ0n) is 20.9. The predicted molar refractivity (Wildman–Crippen MR) is 134 cm³/mol. The number of rotatable bonds is 10. The minimum Gasteiger partial charge on any atom is -0.478 e. The molecule has 0 aromatic heterocycles. The summed E-state index contributed by atoms with van der Waals surface area (Å²) < 4.78 is 17.3. The fourth-order valence-corrected chi connectivity index (χ4v) is 6.81. The van der Waals surface area contributed by atoms with Crippen molar-refractivity contribution in [3.8, 4) is 5.75 Å². The number of carbonyl (C=O) groups is 1. The molecule has 4 aliphatic rings. The fourth-order valence-electron chi connectivity index (χ4n) is 6.81. The first kappa shape index (κ1) is 24.7. The molecular weight excluding hydrogens is 428 g/mol. The van der Waals surface area contributed by atoms with Crippen LogP contribution in [0.15, 0.2) is 48.1 Å². The van der Waals surface area contributed by atoms with Gasteiger partial charge in [-0.05, 0) is 111 Å². The molecule has 0 amide bonds. The molecule has 5 rings (SSSR count). The quantitative estimate of drug-likeness (QED) is 0.243. The molecule has 1 N–H and O–H groups in total. The molecule has 4 saturated carbocycles. The summed E-state index contributed by atoms with van der Waals surface area (Å²) in [5.74, 6) is 2.43. The average Bonchev–Trinajstić information content (AvgIpc) is 2.77. The number of allylic oxidation sites excluding steroid dienone is 5. The number of benzene rings is 1. The Balaban J connectivity index is 1.67. The molecule has 0 heterocycles. The summed E-state index contributed by atoms with van der Waals surface area (Å²) in [6.07, 6.45) is 14.9. The van der Waals surface area contributed by atoms with E-state index in [-0.39, 0.29) is 5.41 Å². The topological polar surface area (TPSA) is 65.0 Å². The van der Waals surface area contributed by atoms with Crippen LogP contribution in [-0.2, 0) is 19.7 Å². The first-order chi connectivity index (χ1) is 16.3. The van der Waals surface area contributed by atoms with Crippen LogP contribution in [-0.4, -0.2) is 31.3 Å². The Kier molecular flexibility index (Phi) is 7.63. The van der Waals surface area contributed by atoms with Crippen LogP contribution in [0, 0.1) is 17.8 Å². The van der Waals surface area contributed by atoms with Gasteiger partial charge in [-0.1, -0.05) is 24.3 Å². The van der Waals surface area contributed by atoms with Crippen LogP contribution in [0.2, 0.25) is 0 Å². The molecule has 0 radical (unpaired) electrons. The zero-order chi connectivity index (χ0) is 24.3. The second-order valence-electron chi connectivity index (χ2n) is 10.4. The summed E-state index contributed by atoms with van der Waals surface area (Å²) in [5.41, 5.74) is 4.46. The number of aliphatic carboxylic acids is 1. The molecule has 0 spiro atoms. The molecule has 5 nitrogen and oxygen atoms in total. The summed E-state index contributed by atoms with van der Waals surface area (Å²) in [6, 6.07) is 6.49. The molecule has 1 aromatic carbocycles. The zero-order valence-corrected chi connectivity index (χ0v) is 20.9. The molecule has 4 bridgehead atoms. The standard InChI is InChI=1S/C29H38O5/c1-5-33-28(32-4)34-26-10-9-24(20(3)8-6-7-19(2)11-27(30)31)15-25(26)29-16-21-12-22(17-29)14-23(13-21)18-29/h6-11,15,21-23,28H,5,12-14,16-18H2,1-4H3,(H,30,31). The van der Waals surface area contributed by atoms with Gasteiger partial charge in [-0.2, -0.15) is 0 Å². The smallest absolute Gasteiger partial charge is 0.328 e. The van der Waals surface area contributed by atoms with E-state index < -0.39 is 12.4 Å². The average molecular weight is 467 g/mol. The van der Waals surface area contributed by atoms with Gasteiger partial charge in [0.15, 0.2) is 0 Å². The Morgan fingerprint density at radius 3 is 2.35 bits per heavy atom. The van der Waals surface area contributed by atoms with Crippen molar-refractivity contribution in [1.82, 2.24) is 0 Å². The molecular formula is C29H38O5. The van der Waals surface area contributed by atoms with Gasteiger partial charge in [0.1, 0.15) is 5.75 Å². The molecule has 1 aromatic rings. The molecule has 0 aliphatic heterocycles. The normalized spacial score (nSPS) is 29.6. The van der Waals surface area contributed by atoms with Gasteiger partial charge in [-0.25, -0.2) is 4.79 Å². The van der Waals surface area contributed by atoms with E-state index in [0.717, 1.165) is 34.6 Å². The number of carboxylic acids is 1. The van der Waals surface area contributed by atoms with Crippen molar-refractivity contribution in [3.05, 3.63) is 59.2 Å². The van der Waals surface area contributed by atoms with E-state index in [0.29, 0.717) is 12.2 Å². The number of ether oxygens (including phenoxy) is 3. The number of carboxylic acid groups (broad SMARTS) is 1. The lowest BCUT2D eigenvalue weighted by atomic mass is 9.48. The molecule has 34 heavy (non-hydrogen) atoms. The first-order valence-corrected chi connectivity index (χ1v) is 12.5. The first-order valence-electron chi connectivity index (χ1n) is 12.5. The molecule has 1 atom stereocenters. The summed E-state index contributed by atoms with van der Waals surface area (Å²) >= 11 is 0. The van der Waals surface area contributed by atoms with Gasteiger partial charge in [-0.3, -0.25) is 0 Å². The van der Waals surface area contributed by atoms with Gasteiger partial charge in [-0.15, -0.1) is 0 Å². The highest BCUT2D eigenvalue weighted by Gasteiger charge is 2.52. The Bertz CT molecular complexity index is 951. The highest BCUT2D eigenvalue weighted by atomic mass is 16.8. The van der Waals surface area contributed by atoms with E-state index in [1.165, 1.54) is 50.2 Å². The lowest BCUT2D eigenvalue weighted by molar-refractivity contribution is -0.231. The number of methoxy groups -OCH3 is 1. The van der Waals surface area contributed by atoms with Crippen LogP contribution in [0.3, 0.4) is 0 Å². The van der Waals surface area contributed by atoms with E-state index in [2.05, 4.69) is 25.1 Å². The van der Waals surface area contributed by atoms with E-state index >= 15 is 0 Å². The molecule has 1 unspecified atom stereocenters. The van der Waals surface area contributed by atoms with Crippen molar-refractivity contribution >= 4 is 11.5 Å². The van der Waals surface area contributed by atoms with Crippen molar-refractivity contribution in [2.24, 2.45) is 17.8 Å². The molecule has 0 saturated heterocycles. The Labute approximate surface area is 203 Å². The molecule has 184 valence electrons. The van der Waals surface area contributed by atoms with Crippen LogP contribution in [0.4, 0.5) is 0 Å². The minimum atomic E-state index is -0.930. The van der Waals surface area contributed by atoms with Gasteiger partial charge in [0.2, 0.25) is 0 Å². The van der Waals surface area contributed by atoms with Crippen molar-refractivity contribution in [3.63, 3.8) is 0 Å². The summed E-state index contributed by atoms with van der Waals surface area (Å²) in [4.78, 5) is 10.8. The third-order valence-electron chi connectivity index (χ3n) is 7.82. The maximum Gasteiger partial charge on any atom is 0.328 e. The van der Waals surface area contributed by atoms with Crippen LogP contribution >= 0.6 is 0 Å². The Hall–Kier alpha value is -2.37. The monoisotopic (exact) mass is 466 g/mol. The van der Waals surface area contributed by atoms with Gasteiger partial charge < -0.3 is 19.3 Å². The van der Waals surface area contributed by atoms with Gasteiger partial charge in [0, 0.05) is 18.7 Å². The van der Waals surface area contributed by atoms with Gasteiger partial charge in [0.25, 0.3) is 0 Å². The largest absolute Gasteiger partial charge is 0.478 e. The van der Waals surface area contributed by atoms with Gasteiger partial charge in [0.05, 0.1) is 6.61 Å². The third-order valence-corrected chi connectivity index (χ3v) is 7.82. The molecule has 4 fully saturated rings. The second-order valence-corrected chi connectivity index (χ2v) is 10.4. The lowest BCUT2D eigenvalue weighted by Gasteiger charge is -2.57. The highest BCUT2D eigenvalue weighted by molar-refractivity contribution is 5.81.